The third-order valence-electron chi connectivity index (χ3n) is 4.33. The molecule has 0 fully saturated rings. The van der Waals surface area contributed by atoms with Gasteiger partial charge in [0.05, 0.1) is 24.3 Å². The molecule has 5 nitrogen and oxygen atoms in total. The summed E-state index contributed by atoms with van der Waals surface area (Å²) in [6.45, 7) is 6.18. The lowest BCUT2D eigenvalue weighted by Gasteiger charge is -2.16. The van der Waals surface area contributed by atoms with E-state index < -0.39 is 5.97 Å². The van der Waals surface area contributed by atoms with Gasteiger partial charge >= 0.3 is 5.97 Å². The number of rotatable bonds is 6. The average Bonchev–Trinajstić information content (AvgIpc) is 2.67. The van der Waals surface area contributed by atoms with Gasteiger partial charge in [0.2, 0.25) is 5.91 Å². The molecule has 0 saturated carbocycles. The van der Waals surface area contributed by atoms with Crippen molar-refractivity contribution in [2.24, 2.45) is 5.92 Å². The fourth-order valence-electron chi connectivity index (χ4n) is 2.82. The quantitative estimate of drug-likeness (QED) is 0.561. The number of benzene rings is 2. The van der Waals surface area contributed by atoms with E-state index >= 15 is 0 Å². The highest BCUT2D eigenvalue weighted by atomic mass is 32.1. The van der Waals surface area contributed by atoms with Gasteiger partial charge in [0.25, 0.3) is 0 Å². The van der Waals surface area contributed by atoms with Crippen molar-refractivity contribution in [3.8, 4) is 0 Å². The molecule has 0 aliphatic rings. The van der Waals surface area contributed by atoms with Gasteiger partial charge in [0, 0.05) is 0 Å². The molecule has 2 aromatic carbocycles. The summed E-state index contributed by atoms with van der Waals surface area (Å²) >= 11 is 5.24. The average molecular weight is 399 g/mol. The second-order valence-electron chi connectivity index (χ2n) is 7.04. The summed E-state index contributed by atoms with van der Waals surface area (Å²) in [5.41, 5.74) is 2.99. The van der Waals surface area contributed by atoms with Gasteiger partial charge in [-0.1, -0.05) is 50.2 Å². The monoisotopic (exact) mass is 398 g/mol. The van der Waals surface area contributed by atoms with Crippen LogP contribution < -0.4 is 10.6 Å². The Bertz CT molecular complexity index is 847. The maximum absolute atomic E-state index is 12.6. The van der Waals surface area contributed by atoms with Crippen LogP contribution in [0.5, 0.6) is 0 Å². The Balaban J connectivity index is 2.00. The van der Waals surface area contributed by atoms with Crippen molar-refractivity contribution in [3.63, 3.8) is 0 Å². The van der Waals surface area contributed by atoms with Crippen molar-refractivity contribution in [3.05, 3.63) is 65.2 Å². The van der Waals surface area contributed by atoms with Crippen molar-refractivity contribution in [2.75, 3.05) is 12.4 Å². The molecule has 0 bridgehead atoms. The number of hydrogen-bond acceptors (Lipinski definition) is 4. The van der Waals surface area contributed by atoms with Crippen LogP contribution in [0.3, 0.4) is 0 Å². The lowest BCUT2D eigenvalue weighted by Crippen LogP contribution is -2.37. The Hall–Kier alpha value is -2.73. The van der Waals surface area contributed by atoms with Crippen LogP contribution in [0, 0.1) is 5.92 Å². The maximum Gasteiger partial charge on any atom is 0.339 e. The second-order valence-corrected chi connectivity index (χ2v) is 7.45. The zero-order valence-electron chi connectivity index (χ0n) is 16.6. The highest BCUT2D eigenvalue weighted by Crippen LogP contribution is 2.19. The maximum atomic E-state index is 12.6. The van der Waals surface area contributed by atoms with E-state index in [1.807, 2.05) is 19.1 Å². The second kappa shape index (κ2) is 9.99. The van der Waals surface area contributed by atoms with E-state index in [0.29, 0.717) is 17.2 Å². The van der Waals surface area contributed by atoms with Crippen LogP contribution in [0.25, 0.3) is 0 Å². The fraction of sp³-hybridized carbons (Fsp3) is 0.318. The van der Waals surface area contributed by atoms with Crippen molar-refractivity contribution in [1.29, 1.82) is 0 Å². The summed E-state index contributed by atoms with van der Waals surface area (Å²) in [6, 6.07) is 14.9. The minimum Gasteiger partial charge on any atom is -0.465 e. The van der Waals surface area contributed by atoms with E-state index in [9.17, 15) is 9.59 Å². The Labute approximate surface area is 171 Å². The third kappa shape index (κ3) is 5.89. The number of carbonyl (C=O) groups is 2. The van der Waals surface area contributed by atoms with Crippen molar-refractivity contribution >= 4 is 34.9 Å². The zero-order valence-corrected chi connectivity index (χ0v) is 17.4. The van der Waals surface area contributed by atoms with Crippen molar-refractivity contribution < 1.29 is 14.3 Å². The Kier molecular flexibility index (Phi) is 7.70. The Morgan fingerprint density at radius 2 is 1.68 bits per heavy atom. The number of para-hydroxylation sites is 1. The number of hydrogen-bond donors (Lipinski definition) is 2. The van der Waals surface area contributed by atoms with Crippen LogP contribution in [0.1, 0.15) is 48.2 Å². The molecule has 1 unspecified atom stereocenters. The molecule has 0 aromatic heterocycles. The zero-order chi connectivity index (χ0) is 20.7. The summed E-state index contributed by atoms with van der Waals surface area (Å²) in [6.07, 6.45) is 1.01. The molecule has 2 N–H and O–H groups in total. The largest absolute Gasteiger partial charge is 0.465 e. The molecule has 148 valence electrons. The molecule has 0 aliphatic carbocycles. The van der Waals surface area contributed by atoms with Crippen LogP contribution in [-0.2, 0) is 16.0 Å². The van der Waals surface area contributed by atoms with Gasteiger partial charge in [0.15, 0.2) is 5.11 Å². The van der Waals surface area contributed by atoms with E-state index in [-0.39, 0.29) is 16.9 Å². The predicted molar refractivity (Wildman–Crippen MR) is 116 cm³/mol. The molecular formula is C22H26N2O3S. The summed E-state index contributed by atoms with van der Waals surface area (Å²) in [5, 5.41) is 5.71. The van der Waals surface area contributed by atoms with E-state index in [0.717, 1.165) is 12.0 Å². The van der Waals surface area contributed by atoms with Crippen molar-refractivity contribution in [1.82, 2.24) is 5.32 Å². The van der Waals surface area contributed by atoms with Gasteiger partial charge in [0.1, 0.15) is 0 Å². The van der Waals surface area contributed by atoms with E-state index in [1.54, 1.807) is 24.3 Å². The summed E-state index contributed by atoms with van der Waals surface area (Å²) < 4.78 is 4.76. The first kappa shape index (κ1) is 21.6. The fourth-order valence-corrected chi connectivity index (χ4v) is 3.03. The molecule has 6 heteroatoms. The summed E-state index contributed by atoms with van der Waals surface area (Å²) in [4.78, 5) is 24.4. The molecular weight excluding hydrogens is 372 g/mol. The molecule has 0 radical (unpaired) electrons. The first-order valence-electron chi connectivity index (χ1n) is 9.19. The number of ether oxygens (including phenoxy) is 1. The highest BCUT2D eigenvalue weighted by Gasteiger charge is 2.18. The minimum atomic E-state index is -0.480. The van der Waals surface area contributed by atoms with Crippen LogP contribution >= 0.6 is 12.2 Å². The van der Waals surface area contributed by atoms with Gasteiger partial charge in [-0.2, -0.15) is 0 Å². The molecule has 0 saturated heterocycles. The first-order chi connectivity index (χ1) is 13.3. The smallest absolute Gasteiger partial charge is 0.339 e. The molecule has 0 spiro atoms. The topological polar surface area (TPSA) is 67.4 Å². The molecule has 1 atom stereocenters. The van der Waals surface area contributed by atoms with Gasteiger partial charge in [-0.05, 0) is 54.7 Å². The molecule has 0 aliphatic heterocycles. The van der Waals surface area contributed by atoms with Gasteiger partial charge < -0.3 is 15.4 Å². The molecule has 2 aromatic rings. The van der Waals surface area contributed by atoms with E-state index in [2.05, 4.69) is 36.6 Å². The van der Waals surface area contributed by atoms with Gasteiger partial charge in [-0.25, -0.2) is 4.79 Å². The number of carbonyl (C=O) groups excluding carboxylic acids is 2. The third-order valence-corrected chi connectivity index (χ3v) is 4.54. The Morgan fingerprint density at radius 3 is 2.29 bits per heavy atom. The first-order valence-corrected chi connectivity index (χ1v) is 9.60. The van der Waals surface area contributed by atoms with E-state index in [4.69, 9.17) is 17.0 Å². The lowest BCUT2D eigenvalue weighted by atomic mass is 9.96. The van der Waals surface area contributed by atoms with Crippen LogP contribution in [0.4, 0.5) is 5.69 Å². The summed E-state index contributed by atoms with van der Waals surface area (Å²) in [7, 11) is 1.31. The number of thiocarbonyl (C=S) groups is 1. The minimum absolute atomic E-state index is 0.129. The lowest BCUT2D eigenvalue weighted by molar-refractivity contribution is -0.120. The predicted octanol–water partition coefficient (Wildman–Crippen LogP) is 4.29. The van der Waals surface area contributed by atoms with Crippen LogP contribution in [0.15, 0.2) is 48.5 Å². The number of amides is 1. The highest BCUT2D eigenvalue weighted by molar-refractivity contribution is 7.80. The summed E-state index contributed by atoms with van der Waals surface area (Å²) in [5.74, 6) is -0.469. The van der Waals surface area contributed by atoms with Crippen LogP contribution in [-0.4, -0.2) is 24.1 Å². The molecule has 2 rings (SSSR count). The van der Waals surface area contributed by atoms with Gasteiger partial charge in [-0.15, -0.1) is 0 Å². The SMILES string of the molecule is COC(=O)c1ccccc1NC(=S)NC(=O)C(C)c1ccc(CC(C)C)cc1. The molecule has 0 heterocycles. The van der Waals surface area contributed by atoms with Crippen molar-refractivity contribution in [2.45, 2.75) is 33.1 Å². The molecule has 28 heavy (non-hydrogen) atoms. The molecule has 1 amide bonds. The number of nitrogens with one attached hydrogen (secondary N) is 2. The normalized spacial score (nSPS) is 11.6. The standard InChI is InChI=1S/C22H26N2O3S/c1-14(2)13-16-9-11-17(12-10-16)15(3)20(25)24-22(28)23-19-8-6-5-7-18(19)21(26)27-4/h5-12,14-15H,13H2,1-4H3,(H2,23,24,25,28). The van der Waals surface area contributed by atoms with Crippen LogP contribution in [0.2, 0.25) is 0 Å². The number of esters is 1. The van der Waals surface area contributed by atoms with Gasteiger partial charge in [-0.3, -0.25) is 4.79 Å². The number of methoxy groups -OCH3 is 1. The number of anilines is 1. The van der Waals surface area contributed by atoms with E-state index in [1.165, 1.54) is 12.7 Å². The Morgan fingerprint density at radius 1 is 1.04 bits per heavy atom.